The number of carbonyl (C=O) groups excluding carboxylic acids is 1. The maximum atomic E-state index is 12.4. The molecule has 5 heteroatoms. The van der Waals surface area contributed by atoms with Crippen molar-refractivity contribution < 1.29 is 14.7 Å². The van der Waals surface area contributed by atoms with E-state index in [1.165, 1.54) is 6.42 Å². The molecule has 2 N–H and O–H groups in total. The number of amides is 2. The van der Waals surface area contributed by atoms with Crippen molar-refractivity contribution in [3.8, 4) is 0 Å². The van der Waals surface area contributed by atoms with E-state index >= 15 is 0 Å². The molecule has 21 heavy (non-hydrogen) atoms. The summed E-state index contributed by atoms with van der Waals surface area (Å²) in [5, 5.41) is 11.8. The number of rotatable bonds is 6. The van der Waals surface area contributed by atoms with Crippen LogP contribution in [0.1, 0.15) is 59.8 Å². The van der Waals surface area contributed by atoms with Crippen LogP contribution in [0.25, 0.3) is 0 Å². The molecule has 0 radical (unpaired) electrons. The molecule has 0 saturated heterocycles. The summed E-state index contributed by atoms with van der Waals surface area (Å²) >= 11 is 0. The summed E-state index contributed by atoms with van der Waals surface area (Å²) in [6.45, 7) is 8.90. The van der Waals surface area contributed by atoms with Crippen LogP contribution in [-0.2, 0) is 4.79 Å². The molecule has 2 atom stereocenters. The van der Waals surface area contributed by atoms with E-state index in [1.54, 1.807) is 4.90 Å². The van der Waals surface area contributed by atoms with Gasteiger partial charge in [-0.05, 0) is 51.4 Å². The number of carboxylic acids is 1. The summed E-state index contributed by atoms with van der Waals surface area (Å²) in [6, 6.07) is 0.274. The first kappa shape index (κ1) is 17.8. The molecule has 1 saturated carbocycles. The number of hydrogen-bond acceptors (Lipinski definition) is 2. The highest BCUT2D eigenvalue weighted by Crippen LogP contribution is 2.28. The van der Waals surface area contributed by atoms with E-state index in [0.717, 1.165) is 12.8 Å². The molecule has 1 aliphatic rings. The maximum absolute atomic E-state index is 12.4. The van der Waals surface area contributed by atoms with Gasteiger partial charge in [-0.25, -0.2) is 4.79 Å². The molecular formula is C16H30N2O3. The molecule has 0 bridgehead atoms. The zero-order valence-electron chi connectivity index (χ0n) is 13.8. The van der Waals surface area contributed by atoms with Crippen molar-refractivity contribution in [1.29, 1.82) is 0 Å². The van der Waals surface area contributed by atoms with Crippen molar-refractivity contribution in [2.75, 3.05) is 6.54 Å². The monoisotopic (exact) mass is 298 g/mol. The summed E-state index contributed by atoms with van der Waals surface area (Å²) in [7, 11) is 0. The summed E-state index contributed by atoms with van der Waals surface area (Å²) in [4.78, 5) is 24.7. The highest BCUT2D eigenvalue weighted by atomic mass is 16.4. The number of carbonyl (C=O) groups is 2. The molecule has 122 valence electrons. The van der Waals surface area contributed by atoms with Gasteiger partial charge in [0.2, 0.25) is 0 Å². The standard InChI is InChI=1S/C16H30N2O3/c1-11(2)18(7-5-6-15(19)20)16(21)17-14-9-12(3)8-13(4)10-14/h11-14H,5-10H2,1-4H3,(H,17,21)(H,19,20). The zero-order valence-corrected chi connectivity index (χ0v) is 13.8. The van der Waals surface area contributed by atoms with Crippen molar-refractivity contribution in [2.24, 2.45) is 11.8 Å². The second-order valence-electron chi connectivity index (χ2n) is 6.85. The van der Waals surface area contributed by atoms with Crippen molar-refractivity contribution in [2.45, 2.75) is 71.9 Å². The Morgan fingerprint density at radius 3 is 2.24 bits per heavy atom. The second-order valence-corrected chi connectivity index (χ2v) is 6.85. The van der Waals surface area contributed by atoms with Crippen molar-refractivity contribution >= 4 is 12.0 Å². The Morgan fingerprint density at radius 1 is 1.19 bits per heavy atom. The van der Waals surface area contributed by atoms with Gasteiger partial charge in [0.1, 0.15) is 0 Å². The first-order chi connectivity index (χ1) is 9.79. The summed E-state index contributed by atoms with van der Waals surface area (Å²) < 4.78 is 0. The fourth-order valence-electron chi connectivity index (χ4n) is 3.32. The molecular weight excluding hydrogens is 268 g/mol. The first-order valence-electron chi connectivity index (χ1n) is 8.08. The van der Waals surface area contributed by atoms with Crippen LogP contribution < -0.4 is 5.32 Å². The fraction of sp³-hybridized carbons (Fsp3) is 0.875. The van der Waals surface area contributed by atoms with Gasteiger partial charge in [-0.2, -0.15) is 0 Å². The molecule has 0 spiro atoms. The number of hydrogen-bond donors (Lipinski definition) is 2. The molecule has 1 rings (SSSR count). The fourth-order valence-corrected chi connectivity index (χ4v) is 3.32. The normalized spacial score (nSPS) is 25.7. The molecule has 5 nitrogen and oxygen atoms in total. The van der Waals surface area contributed by atoms with Gasteiger partial charge in [0.05, 0.1) is 0 Å². The van der Waals surface area contributed by atoms with Crippen LogP contribution in [0, 0.1) is 11.8 Å². The average Bonchev–Trinajstić information content (AvgIpc) is 2.32. The lowest BCUT2D eigenvalue weighted by Crippen LogP contribution is -2.49. The Morgan fingerprint density at radius 2 is 1.76 bits per heavy atom. The zero-order chi connectivity index (χ0) is 16.0. The Labute approximate surface area is 128 Å². The van der Waals surface area contributed by atoms with Gasteiger partial charge in [0.25, 0.3) is 0 Å². The van der Waals surface area contributed by atoms with Crippen molar-refractivity contribution in [1.82, 2.24) is 10.2 Å². The third kappa shape index (κ3) is 6.36. The largest absolute Gasteiger partial charge is 0.481 e. The van der Waals surface area contributed by atoms with Crippen LogP contribution in [0.2, 0.25) is 0 Å². The van der Waals surface area contributed by atoms with Crippen molar-refractivity contribution in [3.05, 3.63) is 0 Å². The quantitative estimate of drug-likeness (QED) is 0.791. The molecule has 0 aromatic rings. The summed E-state index contributed by atoms with van der Waals surface area (Å²) in [5.74, 6) is 0.492. The lowest BCUT2D eigenvalue weighted by atomic mass is 9.80. The van der Waals surface area contributed by atoms with Crippen LogP contribution in [0.4, 0.5) is 4.79 Å². The van der Waals surface area contributed by atoms with E-state index in [4.69, 9.17) is 5.11 Å². The van der Waals surface area contributed by atoms with E-state index in [1.807, 2.05) is 13.8 Å². The number of aliphatic carboxylic acids is 1. The first-order valence-corrected chi connectivity index (χ1v) is 8.08. The van der Waals surface area contributed by atoms with Gasteiger partial charge < -0.3 is 15.3 Å². The Hall–Kier alpha value is -1.26. The third-order valence-corrected chi connectivity index (χ3v) is 4.18. The second kappa shape index (κ2) is 8.25. The molecule has 0 aromatic heterocycles. The average molecular weight is 298 g/mol. The Balaban J connectivity index is 2.50. The highest BCUT2D eigenvalue weighted by molar-refractivity contribution is 5.75. The predicted octanol–water partition coefficient (Wildman–Crippen LogP) is 3.10. The minimum Gasteiger partial charge on any atom is -0.481 e. The van der Waals surface area contributed by atoms with Gasteiger partial charge in [-0.1, -0.05) is 13.8 Å². The van der Waals surface area contributed by atoms with E-state index in [9.17, 15) is 9.59 Å². The van der Waals surface area contributed by atoms with Gasteiger partial charge in [0.15, 0.2) is 0 Å². The minimum atomic E-state index is -0.811. The lowest BCUT2D eigenvalue weighted by Gasteiger charge is -2.35. The van der Waals surface area contributed by atoms with Gasteiger partial charge >= 0.3 is 12.0 Å². The number of nitrogens with one attached hydrogen (secondary N) is 1. The van der Waals surface area contributed by atoms with Crippen LogP contribution >= 0.6 is 0 Å². The summed E-state index contributed by atoms with van der Waals surface area (Å²) in [5.41, 5.74) is 0. The van der Waals surface area contributed by atoms with Crippen LogP contribution in [-0.4, -0.2) is 40.6 Å². The maximum Gasteiger partial charge on any atom is 0.317 e. The van der Waals surface area contributed by atoms with Crippen LogP contribution in [0.5, 0.6) is 0 Å². The molecule has 0 heterocycles. The lowest BCUT2D eigenvalue weighted by molar-refractivity contribution is -0.137. The molecule has 1 aliphatic carbocycles. The SMILES string of the molecule is CC1CC(C)CC(NC(=O)N(CCCC(=O)O)C(C)C)C1. The molecule has 0 aliphatic heterocycles. The van der Waals surface area contributed by atoms with E-state index in [0.29, 0.717) is 24.8 Å². The predicted molar refractivity (Wildman–Crippen MR) is 83.2 cm³/mol. The Bertz CT molecular complexity index is 347. The topological polar surface area (TPSA) is 69.6 Å². The van der Waals surface area contributed by atoms with Gasteiger partial charge in [0, 0.05) is 25.0 Å². The number of carboxylic acid groups (broad SMARTS) is 1. The van der Waals surface area contributed by atoms with Crippen LogP contribution in [0.15, 0.2) is 0 Å². The van der Waals surface area contributed by atoms with Crippen LogP contribution in [0.3, 0.4) is 0 Å². The van der Waals surface area contributed by atoms with E-state index in [-0.39, 0.29) is 24.5 Å². The third-order valence-electron chi connectivity index (χ3n) is 4.18. The minimum absolute atomic E-state index is 0.0540. The van der Waals surface area contributed by atoms with Crippen molar-refractivity contribution in [3.63, 3.8) is 0 Å². The molecule has 2 unspecified atom stereocenters. The molecule has 1 fully saturated rings. The highest BCUT2D eigenvalue weighted by Gasteiger charge is 2.27. The molecule has 0 aromatic carbocycles. The smallest absolute Gasteiger partial charge is 0.317 e. The van der Waals surface area contributed by atoms with E-state index < -0.39 is 5.97 Å². The molecule has 2 amide bonds. The Kier molecular flexibility index (Phi) is 6.99. The number of urea groups is 1. The number of nitrogens with zero attached hydrogens (tertiary/aromatic N) is 1. The van der Waals surface area contributed by atoms with E-state index in [2.05, 4.69) is 19.2 Å². The van der Waals surface area contributed by atoms with Gasteiger partial charge in [-0.3, -0.25) is 4.79 Å². The van der Waals surface area contributed by atoms with Gasteiger partial charge in [-0.15, -0.1) is 0 Å². The summed E-state index contributed by atoms with van der Waals surface area (Å²) in [6.07, 6.45) is 3.92.